The molecular weight excluding hydrogens is 306 g/mol. The molecule has 0 saturated carbocycles. The first-order chi connectivity index (χ1) is 9.19. The Morgan fingerprint density at radius 2 is 1.74 bits per heavy atom. The van der Waals surface area contributed by atoms with Crippen LogP contribution < -0.4 is 0 Å². The Hall–Kier alpha value is -2.12. The standard InChI is InChI=1S/C15H10BrNO2/c16-14-7-3-12(4-8-14)10-19-15(18)13-5-1-11(9-17)2-6-13/h1-8H,10H2. The topological polar surface area (TPSA) is 50.1 Å². The fourth-order valence-electron chi connectivity index (χ4n) is 1.49. The molecule has 4 heteroatoms. The van der Waals surface area contributed by atoms with Crippen LogP contribution in [0, 0.1) is 11.3 Å². The van der Waals surface area contributed by atoms with E-state index in [9.17, 15) is 4.79 Å². The van der Waals surface area contributed by atoms with Gasteiger partial charge in [-0.2, -0.15) is 5.26 Å². The molecule has 0 aliphatic heterocycles. The lowest BCUT2D eigenvalue weighted by Crippen LogP contribution is -2.05. The van der Waals surface area contributed by atoms with Crippen molar-refractivity contribution in [2.45, 2.75) is 6.61 Å². The van der Waals surface area contributed by atoms with Gasteiger partial charge in [0.25, 0.3) is 0 Å². The highest BCUT2D eigenvalue weighted by Gasteiger charge is 2.07. The van der Waals surface area contributed by atoms with Crippen LogP contribution in [0.5, 0.6) is 0 Å². The number of hydrogen-bond donors (Lipinski definition) is 0. The Labute approximate surface area is 119 Å². The zero-order valence-corrected chi connectivity index (χ0v) is 11.6. The summed E-state index contributed by atoms with van der Waals surface area (Å²) in [4.78, 5) is 11.8. The molecule has 0 fully saturated rings. The molecule has 2 aromatic carbocycles. The van der Waals surface area contributed by atoms with Crippen LogP contribution in [-0.4, -0.2) is 5.97 Å². The molecule has 0 aromatic heterocycles. The maximum Gasteiger partial charge on any atom is 0.338 e. The van der Waals surface area contributed by atoms with Crippen LogP contribution in [0.3, 0.4) is 0 Å². The number of benzene rings is 2. The van der Waals surface area contributed by atoms with E-state index >= 15 is 0 Å². The van der Waals surface area contributed by atoms with Gasteiger partial charge in [0.15, 0.2) is 0 Å². The second-order valence-corrected chi connectivity index (χ2v) is 4.81. The van der Waals surface area contributed by atoms with Gasteiger partial charge in [-0.25, -0.2) is 4.79 Å². The molecular formula is C15H10BrNO2. The molecule has 0 aliphatic carbocycles. The first-order valence-corrected chi connectivity index (χ1v) is 6.40. The molecule has 0 N–H and O–H groups in total. The fourth-order valence-corrected chi connectivity index (χ4v) is 1.76. The Morgan fingerprint density at radius 3 is 2.32 bits per heavy atom. The van der Waals surface area contributed by atoms with Gasteiger partial charge in [-0.1, -0.05) is 28.1 Å². The van der Waals surface area contributed by atoms with Crippen molar-refractivity contribution >= 4 is 21.9 Å². The van der Waals surface area contributed by atoms with Crippen molar-refractivity contribution in [1.82, 2.24) is 0 Å². The Morgan fingerprint density at radius 1 is 1.11 bits per heavy atom. The third kappa shape index (κ3) is 3.67. The summed E-state index contributed by atoms with van der Waals surface area (Å²) in [6, 6.07) is 15.9. The molecule has 94 valence electrons. The largest absolute Gasteiger partial charge is 0.457 e. The molecule has 0 saturated heterocycles. The molecule has 2 aromatic rings. The van der Waals surface area contributed by atoms with Crippen LogP contribution >= 0.6 is 15.9 Å². The minimum absolute atomic E-state index is 0.228. The highest BCUT2D eigenvalue weighted by molar-refractivity contribution is 9.10. The van der Waals surface area contributed by atoms with Crippen LogP contribution in [0.1, 0.15) is 21.5 Å². The summed E-state index contributed by atoms with van der Waals surface area (Å²) in [7, 11) is 0. The lowest BCUT2D eigenvalue weighted by Gasteiger charge is -2.05. The van der Waals surface area contributed by atoms with E-state index in [1.807, 2.05) is 30.3 Å². The van der Waals surface area contributed by atoms with E-state index in [0.717, 1.165) is 10.0 Å². The molecule has 0 amide bonds. The van der Waals surface area contributed by atoms with Gasteiger partial charge in [-0.15, -0.1) is 0 Å². The normalized spacial score (nSPS) is 9.68. The third-order valence-corrected chi connectivity index (χ3v) is 3.06. The highest BCUT2D eigenvalue weighted by atomic mass is 79.9. The van der Waals surface area contributed by atoms with E-state index < -0.39 is 5.97 Å². The molecule has 0 spiro atoms. The maximum absolute atomic E-state index is 11.8. The Bertz CT molecular complexity index is 612. The van der Waals surface area contributed by atoms with Crippen LogP contribution in [0.15, 0.2) is 53.0 Å². The molecule has 0 unspecified atom stereocenters. The number of carbonyl (C=O) groups excluding carboxylic acids is 1. The van der Waals surface area contributed by atoms with Gasteiger partial charge >= 0.3 is 5.97 Å². The van der Waals surface area contributed by atoms with Crippen LogP contribution in [0.4, 0.5) is 0 Å². The summed E-state index contributed by atoms with van der Waals surface area (Å²) in [5.74, 6) is -0.396. The minimum Gasteiger partial charge on any atom is -0.457 e. The highest BCUT2D eigenvalue weighted by Crippen LogP contribution is 2.12. The van der Waals surface area contributed by atoms with Crippen molar-refractivity contribution in [1.29, 1.82) is 5.26 Å². The van der Waals surface area contributed by atoms with Crippen LogP contribution in [0.25, 0.3) is 0 Å². The molecule has 0 radical (unpaired) electrons. The summed E-state index contributed by atoms with van der Waals surface area (Å²) < 4.78 is 6.17. The second-order valence-electron chi connectivity index (χ2n) is 3.89. The van der Waals surface area contributed by atoms with Gasteiger partial charge in [-0.3, -0.25) is 0 Å². The Kier molecular flexibility index (Phi) is 4.32. The van der Waals surface area contributed by atoms with Gasteiger partial charge in [-0.05, 0) is 42.0 Å². The number of hydrogen-bond acceptors (Lipinski definition) is 3. The van der Waals surface area contributed by atoms with Gasteiger partial charge in [0.1, 0.15) is 6.61 Å². The van der Waals surface area contributed by atoms with Gasteiger partial charge in [0.05, 0.1) is 17.2 Å². The van der Waals surface area contributed by atoms with Crippen LogP contribution in [-0.2, 0) is 11.3 Å². The zero-order chi connectivity index (χ0) is 13.7. The predicted octanol–water partition coefficient (Wildman–Crippen LogP) is 3.68. The summed E-state index contributed by atoms with van der Waals surface area (Å²) in [6.07, 6.45) is 0. The van der Waals surface area contributed by atoms with E-state index in [-0.39, 0.29) is 6.61 Å². The van der Waals surface area contributed by atoms with E-state index in [2.05, 4.69) is 15.9 Å². The van der Waals surface area contributed by atoms with Crippen molar-refractivity contribution in [2.24, 2.45) is 0 Å². The van der Waals surface area contributed by atoms with Gasteiger partial charge in [0.2, 0.25) is 0 Å². The molecule has 0 heterocycles. The zero-order valence-electron chi connectivity index (χ0n) is 9.97. The van der Waals surface area contributed by atoms with E-state index in [4.69, 9.17) is 10.00 Å². The van der Waals surface area contributed by atoms with Crippen molar-refractivity contribution in [3.8, 4) is 6.07 Å². The summed E-state index contributed by atoms with van der Waals surface area (Å²) in [5, 5.41) is 8.67. The fraction of sp³-hybridized carbons (Fsp3) is 0.0667. The average Bonchev–Trinajstić information content (AvgIpc) is 2.46. The number of carbonyl (C=O) groups is 1. The van der Waals surface area contributed by atoms with Crippen LogP contribution in [0.2, 0.25) is 0 Å². The molecule has 2 rings (SSSR count). The van der Waals surface area contributed by atoms with E-state index in [1.165, 1.54) is 0 Å². The van der Waals surface area contributed by atoms with Gasteiger partial charge in [0, 0.05) is 4.47 Å². The number of esters is 1. The number of ether oxygens (including phenoxy) is 1. The van der Waals surface area contributed by atoms with E-state index in [1.54, 1.807) is 24.3 Å². The summed E-state index contributed by atoms with van der Waals surface area (Å²) in [6.45, 7) is 0.228. The predicted molar refractivity (Wildman–Crippen MR) is 74.4 cm³/mol. The maximum atomic E-state index is 11.8. The molecule has 0 bridgehead atoms. The summed E-state index contributed by atoms with van der Waals surface area (Å²) >= 11 is 3.34. The molecule has 3 nitrogen and oxygen atoms in total. The number of nitriles is 1. The average molecular weight is 316 g/mol. The van der Waals surface area contributed by atoms with Crippen molar-refractivity contribution in [3.63, 3.8) is 0 Å². The quantitative estimate of drug-likeness (QED) is 0.812. The molecule has 19 heavy (non-hydrogen) atoms. The first-order valence-electron chi connectivity index (χ1n) is 5.61. The smallest absolute Gasteiger partial charge is 0.338 e. The third-order valence-electron chi connectivity index (χ3n) is 2.53. The van der Waals surface area contributed by atoms with E-state index in [0.29, 0.717) is 11.1 Å². The number of nitrogens with zero attached hydrogens (tertiary/aromatic N) is 1. The van der Waals surface area contributed by atoms with Crippen molar-refractivity contribution < 1.29 is 9.53 Å². The first kappa shape index (κ1) is 13.3. The van der Waals surface area contributed by atoms with Gasteiger partial charge < -0.3 is 4.74 Å². The number of halogens is 1. The van der Waals surface area contributed by atoms with Crippen molar-refractivity contribution in [3.05, 3.63) is 69.7 Å². The SMILES string of the molecule is N#Cc1ccc(C(=O)OCc2ccc(Br)cc2)cc1. The lowest BCUT2D eigenvalue weighted by molar-refractivity contribution is 0.0472. The summed E-state index contributed by atoms with van der Waals surface area (Å²) in [5.41, 5.74) is 1.88. The van der Waals surface area contributed by atoms with Crippen molar-refractivity contribution in [2.75, 3.05) is 0 Å². The molecule has 0 aliphatic rings. The second kappa shape index (κ2) is 6.17. The number of rotatable bonds is 3. The lowest BCUT2D eigenvalue weighted by atomic mass is 10.1. The Balaban J connectivity index is 1.97. The molecule has 0 atom stereocenters. The monoisotopic (exact) mass is 315 g/mol. The minimum atomic E-state index is -0.396.